The molecule has 0 aliphatic carbocycles. The summed E-state index contributed by atoms with van der Waals surface area (Å²) in [6.45, 7) is 7.47. The highest BCUT2D eigenvalue weighted by Crippen LogP contribution is 2.13. The molecule has 0 N–H and O–H groups in total. The molecule has 0 saturated carbocycles. The molecule has 1 rings (SSSR count). The topological polar surface area (TPSA) is 59.1 Å². The van der Waals surface area contributed by atoms with Gasteiger partial charge < -0.3 is 9.64 Å². The fourth-order valence-electron chi connectivity index (χ4n) is 3.10. The van der Waals surface area contributed by atoms with Crippen LogP contribution in [0.3, 0.4) is 0 Å². The predicted octanol–water partition coefficient (Wildman–Crippen LogP) is 4.97. The first-order valence-corrected chi connectivity index (χ1v) is 11.5. The van der Waals surface area contributed by atoms with Crippen molar-refractivity contribution in [2.75, 3.05) is 27.2 Å². The highest BCUT2D eigenvalue weighted by Gasteiger charge is 2.20. The van der Waals surface area contributed by atoms with Crippen molar-refractivity contribution in [1.29, 1.82) is 0 Å². The summed E-state index contributed by atoms with van der Waals surface area (Å²) in [5, 5.41) is 1.43. The number of hydrogen-bond acceptors (Lipinski definition) is 5. The molecule has 1 aromatic carbocycles. The maximum Gasteiger partial charge on any atom is 0.306 e. The summed E-state index contributed by atoms with van der Waals surface area (Å²) in [5.74, 6) is -0.533. The molecule has 0 unspecified atom stereocenters. The number of rotatable bonds is 15. The lowest BCUT2D eigenvalue weighted by molar-refractivity contribution is -0.193. The molecule has 6 nitrogen and oxygen atoms in total. The van der Waals surface area contributed by atoms with Crippen molar-refractivity contribution >= 4 is 11.9 Å². The van der Waals surface area contributed by atoms with E-state index < -0.39 is 5.60 Å². The van der Waals surface area contributed by atoms with Crippen LogP contribution in [0.1, 0.15) is 77.7 Å². The van der Waals surface area contributed by atoms with Gasteiger partial charge >= 0.3 is 5.97 Å². The molecule has 0 aliphatic heterocycles. The molecule has 0 aliphatic rings. The third kappa shape index (κ3) is 14.7. The first-order valence-electron chi connectivity index (χ1n) is 11.5. The van der Waals surface area contributed by atoms with E-state index in [1.807, 2.05) is 51.1 Å². The Morgan fingerprint density at radius 2 is 1.42 bits per heavy atom. The number of unbranched alkanes of at least 4 members (excludes halogenated alkanes) is 5. The molecule has 0 saturated heterocycles. The summed E-state index contributed by atoms with van der Waals surface area (Å²) in [5.41, 5.74) is 0.462. The number of amides is 1. The average Bonchev–Trinajstić information content (AvgIpc) is 2.69. The SMILES string of the molecule is CN(C)CCCCCCCCN(OCc1ccccc1)C(=O)CCC(=O)OC(C)(C)C. The van der Waals surface area contributed by atoms with E-state index in [9.17, 15) is 9.59 Å². The van der Waals surface area contributed by atoms with Crippen molar-refractivity contribution < 1.29 is 19.2 Å². The quantitative estimate of drug-likeness (QED) is 0.222. The number of ether oxygens (including phenoxy) is 1. The van der Waals surface area contributed by atoms with Crippen LogP contribution in [0.2, 0.25) is 0 Å². The van der Waals surface area contributed by atoms with Crippen LogP contribution in [0.15, 0.2) is 30.3 Å². The lowest BCUT2D eigenvalue weighted by atomic mass is 10.1. The number of carbonyl (C=O) groups excluding carboxylic acids is 2. The number of nitrogens with zero attached hydrogens (tertiary/aromatic N) is 2. The van der Waals surface area contributed by atoms with E-state index in [0.29, 0.717) is 13.2 Å². The predicted molar refractivity (Wildman–Crippen MR) is 124 cm³/mol. The zero-order valence-corrected chi connectivity index (χ0v) is 20.2. The van der Waals surface area contributed by atoms with Crippen LogP contribution in [0.5, 0.6) is 0 Å². The minimum absolute atomic E-state index is 0.0627. The van der Waals surface area contributed by atoms with Crippen molar-refractivity contribution in [1.82, 2.24) is 9.96 Å². The van der Waals surface area contributed by atoms with Crippen molar-refractivity contribution in [3.63, 3.8) is 0 Å². The Labute approximate surface area is 188 Å². The molecular formula is C25H42N2O4. The van der Waals surface area contributed by atoms with Crippen LogP contribution in [-0.4, -0.2) is 54.6 Å². The Balaban J connectivity index is 2.43. The monoisotopic (exact) mass is 434 g/mol. The zero-order valence-electron chi connectivity index (χ0n) is 20.2. The van der Waals surface area contributed by atoms with E-state index in [0.717, 1.165) is 31.4 Å². The second kappa shape index (κ2) is 15.0. The van der Waals surface area contributed by atoms with Crippen LogP contribution in [0, 0.1) is 0 Å². The third-order valence-corrected chi connectivity index (χ3v) is 4.69. The number of hydroxylamine groups is 2. The summed E-state index contributed by atoms with van der Waals surface area (Å²) in [7, 11) is 4.20. The number of benzene rings is 1. The maximum absolute atomic E-state index is 12.7. The van der Waals surface area contributed by atoms with Gasteiger partial charge in [-0.15, -0.1) is 0 Å². The highest BCUT2D eigenvalue weighted by molar-refractivity contribution is 5.80. The van der Waals surface area contributed by atoms with Gasteiger partial charge in [0.15, 0.2) is 0 Å². The summed E-state index contributed by atoms with van der Waals surface area (Å²) in [6.07, 6.45) is 6.94. The lowest BCUT2D eigenvalue weighted by Crippen LogP contribution is -2.33. The molecule has 0 heterocycles. The number of carbonyl (C=O) groups is 2. The van der Waals surface area contributed by atoms with Crippen LogP contribution in [0.4, 0.5) is 0 Å². The van der Waals surface area contributed by atoms with E-state index in [1.54, 1.807) is 0 Å². The molecule has 0 fully saturated rings. The third-order valence-electron chi connectivity index (χ3n) is 4.69. The van der Waals surface area contributed by atoms with Gasteiger partial charge in [-0.2, -0.15) is 0 Å². The molecule has 176 valence electrons. The van der Waals surface area contributed by atoms with E-state index in [-0.39, 0.29) is 24.7 Å². The van der Waals surface area contributed by atoms with Crippen LogP contribution >= 0.6 is 0 Å². The summed E-state index contributed by atoms with van der Waals surface area (Å²) < 4.78 is 5.30. The van der Waals surface area contributed by atoms with Gasteiger partial charge in [0.2, 0.25) is 5.91 Å². The van der Waals surface area contributed by atoms with Crippen LogP contribution < -0.4 is 0 Å². The standard InChI is InChI=1S/C25H42N2O4/c1-25(2,3)31-24(29)18-17-23(28)27(30-21-22-15-11-10-12-16-22)20-14-9-7-6-8-13-19-26(4)5/h10-12,15-16H,6-9,13-14,17-21H2,1-5H3. The molecule has 0 spiro atoms. The fourth-order valence-corrected chi connectivity index (χ4v) is 3.10. The van der Waals surface area contributed by atoms with E-state index >= 15 is 0 Å². The molecule has 1 amide bonds. The Bertz CT molecular complexity index is 626. The first kappa shape index (κ1) is 27.1. The summed E-state index contributed by atoms with van der Waals surface area (Å²) in [6, 6.07) is 9.79. The van der Waals surface area contributed by atoms with Crippen molar-refractivity contribution in [3.8, 4) is 0 Å². The fraction of sp³-hybridized carbons (Fsp3) is 0.680. The largest absolute Gasteiger partial charge is 0.460 e. The Kier molecular flexibility index (Phi) is 13.1. The van der Waals surface area contributed by atoms with Crippen LogP contribution in [-0.2, 0) is 25.8 Å². The van der Waals surface area contributed by atoms with Gasteiger partial charge in [0.1, 0.15) is 12.2 Å². The second-order valence-corrected chi connectivity index (χ2v) is 9.27. The van der Waals surface area contributed by atoms with Crippen molar-refractivity contribution in [2.45, 2.75) is 84.3 Å². The van der Waals surface area contributed by atoms with E-state index in [2.05, 4.69) is 19.0 Å². The van der Waals surface area contributed by atoms with Gasteiger partial charge in [-0.25, -0.2) is 5.06 Å². The minimum atomic E-state index is -0.545. The molecule has 1 aromatic rings. The number of hydrogen-bond donors (Lipinski definition) is 0. The van der Waals surface area contributed by atoms with Gasteiger partial charge in [-0.05, 0) is 59.8 Å². The molecule has 31 heavy (non-hydrogen) atoms. The molecule has 0 aromatic heterocycles. The van der Waals surface area contributed by atoms with Gasteiger partial charge in [0.25, 0.3) is 0 Å². The number of esters is 1. The summed E-state index contributed by atoms with van der Waals surface area (Å²) >= 11 is 0. The molecular weight excluding hydrogens is 392 g/mol. The Morgan fingerprint density at radius 1 is 0.839 bits per heavy atom. The van der Waals surface area contributed by atoms with Crippen molar-refractivity contribution in [3.05, 3.63) is 35.9 Å². The Hall–Kier alpha value is -1.92. The normalized spacial score (nSPS) is 11.5. The zero-order chi connectivity index (χ0) is 23.1. The molecule has 0 bridgehead atoms. The lowest BCUT2D eigenvalue weighted by Gasteiger charge is -2.23. The summed E-state index contributed by atoms with van der Waals surface area (Å²) in [4.78, 5) is 32.7. The maximum atomic E-state index is 12.7. The van der Waals surface area contributed by atoms with Gasteiger partial charge in [0.05, 0.1) is 6.42 Å². The van der Waals surface area contributed by atoms with Gasteiger partial charge in [-0.3, -0.25) is 14.4 Å². The smallest absolute Gasteiger partial charge is 0.306 e. The molecule has 0 atom stereocenters. The molecule has 0 radical (unpaired) electrons. The average molecular weight is 435 g/mol. The van der Waals surface area contributed by atoms with Gasteiger partial charge in [0, 0.05) is 13.0 Å². The first-order chi connectivity index (χ1) is 14.7. The Morgan fingerprint density at radius 3 is 2.00 bits per heavy atom. The van der Waals surface area contributed by atoms with E-state index in [4.69, 9.17) is 9.57 Å². The second-order valence-electron chi connectivity index (χ2n) is 9.27. The van der Waals surface area contributed by atoms with E-state index in [1.165, 1.54) is 24.3 Å². The van der Waals surface area contributed by atoms with Crippen LogP contribution in [0.25, 0.3) is 0 Å². The highest BCUT2D eigenvalue weighted by atomic mass is 16.7. The minimum Gasteiger partial charge on any atom is -0.460 e. The van der Waals surface area contributed by atoms with Gasteiger partial charge in [-0.1, -0.05) is 56.0 Å². The molecule has 6 heteroatoms. The van der Waals surface area contributed by atoms with Crippen molar-refractivity contribution in [2.24, 2.45) is 0 Å².